The highest BCUT2D eigenvalue weighted by atomic mass is 79.9. The van der Waals surface area contributed by atoms with Crippen molar-refractivity contribution in [2.45, 2.75) is 6.42 Å². The van der Waals surface area contributed by atoms with E-state index in [1.165, 1.54) is 0 Å². The van der Waals surface area contributed by atoms with E-state index in [1.54, 1.807) is 0 Å². The molecule has 0 aromatic carbocycles. The van der Waals surface area contributed by atoms with Gasteiger partial charge in [0.25, 0.3) is 0 Å². The fraction of sp³-hybridized carbons (Fsp3) is 0.500. The highest BCUT2D eigenvalue weighted by Gasteiger charge is 2.56. The maximum Gasteiger partial charge on any atom is 0.315 e. The van der Waals surface area contributed by atoms with Crippen LogP contribution in [0, 0.1) is 23.7 Å². The number of hydrogen-bond donors (Lipinski definition) is 0. The lowest BCUT2D eigenvalue weighted by atomic mass is 9.84. The van der Waals surface area contributed by atoms with Crippen LogP contribution in [0.1, 0.15) is 6.42 Å². The number of carbonyl (C=O) groups is 1. The molecule has 2 fully saturated rings. The highest BCUT2D eigenvalue weighted by molar-refractivity contribution is 9.28. The van der Waals surface area contributed by atoms with E-state index in [4.69, 9.17) is 4.74 Å². The second-order valence-corrected chi connectivity index (χ2v) is 6.70. The van der Waals surface area contributed by atoms with Gasteiger partial charge in [-0.1, -0.05) is 12.2 Å². The van der Waals surface area contributed by atoms with E-state index in [-0.39, 0.29) is 17.8 Å². The first-order valence-corrected chi connectivity index (χ1v) is 6.22. The molecule has 1 aliphatic heterocycles. The zero-order chi connectivity index (χ0) is 9.87. The Balaban J connectivity index is 2.08. The van der Waals surface area contributed by atoms with Gasteiger partial charge in [0, 0.05) is 5.92 Å². The summed E-state index contributed by atoms with van der Waals surface area (Å²) in [5.74, 6) is 1.98. The predicted octanol–water partition coefficient (Wildman–Crippen LogP) is 2.94. The normalized spacial score (nSPS) is 43.0. The van der Waals surface area contributed by atoms with Crippen LogP contribution in [0.2, 0.25) is 0 Å². The molecule has 4 atom stereocenters. The number of ether oxygens (including phenoxy) is 1. The molecule has 0 amide bonds. The number of rotatable bonds is 0. The van der Waals surface area contributed by atoms with E-state index in [0.29, 0.717) is 11.8 Å². The van der Waals surface area contributed by atoms with Gasteiger partial charge >= 0.3 is 5.97 Å². The van der Waals surface area contributed by atoms with Crippen molar-refractivity contribution in [1.29, 1.82) is 0 Å². The van der Waals surface area contributed by atoms with E-state index < -0.39 is 0 Å². The van der Waals surface area contributed by atoms with Crippen LogP contribution < -0.4 is 0 Å². The van der Waals surface area contributed by atoms with Gasteiger partial charge in [-0.3, -0.25) is 4.79 Å². The standard InChI is InChI=1S/C10H8Br2O2/c11-9(12)8-6-4-1-2-5(3-4)7(6)10(13)14-8/h1-2,4-7H,3H2/t4-,5+,6+,7+/m0/s1. The average molecular weight is 320 g/mol. The van der Waals surface area contributed by atoms with Crippen LogP contribution in [0.15, 0.2) is 21.3 Å². The molecular formula is C10H8Br2O2. The lowest BCUT2D eigenvalue weighted by molar-refractivity contribution is -0.139. The van der Waals surface area contributed by atoms with E-state index >= 15 is 0 Å². The van der Waals surface area contributed by atoms with Gasteiger partial charge in [0.05, 0.1) is 9.31 Å². The van der Waals surface area contributed by atoms with Gasteiger partial charge in [0.15, 0.2) is 0 Å². The summed E-state index contributed by atoms with van der Waals surface area (Å²) in [5, 5.41) is 0. The summed E-state index contributed by atoms with van der Waals surface area (Å²) in [4.78, 5) is 11.6. The monoisotopic (exact) mass is 318 g/mol. The van der Waals surface area contributed by atoms with Crippen molar-refractivity contribution in [1.82, 2.24) is 0 Å². The number of halogens is 2. The maximum absolute atomic E-state index is 11.6. The van der Waals surface area contributed by atoms with Gasteiger partial charge in [-0.25, -0.2) is 0 Å². The molecule has 4 heteroatoms. The fourth-order valence-electron chi connectivity index (χ4n) is 2.91. The largest absolute Gasteiger partial charge is 0.429 e. The molecule has 0 spiro atoms. The minimum atomic E-state index is -0.0572. The Hall–Kier alpha value is -0.0900. The fourth-order valence-corrected chi connectivity index (χ4v) is 3.60. The van der Waals surface area contributed by atoms with Gasteiger partial charge in [0.2, 0.25) is 0 Å². The van der Waals surface area contributed by atoms with Gasteiger partial charge in [-0.2, -0.15) is 0 Å². The molecule has 0 aromatic rings. The topological polar surface area (TPSA) is 26.3 Å². The minimum absolute atomic E-state index is 0.0572. The zero-order valence-corrected chi connectivity index (χ0v) is 10.4. The van der Waals surface area contributed by atoms with Crippen molar-refractivity contribution < 1.29 is 9.53 Å². The molecule has 1 saturated carbocycles. The third-order valence-corrected chi connectivity index (χ3v) is 4.21. The first-order chi connectivity index (χ1) is 6.68. The molecule has 0 unspecified atom stereocenters. The molecule has 1 saturated heterocycles. The number of allylic oxidation sites excluding steroid dienone is 3. The Kier molecular flexibility index (Phi) is 1.93. The summed E-state index contributed by atoms with van der Waals surface area (Å²) in [5.41, 5.74) is 0. The van der Waals surface area contributed by atoms with Crippen LogP contribution >= 0.6 is 31.9 Å². The Labute approximate surface area is 98.6 Å². The lowest BCUT2D eigenvalue weighted by Gasteiger charge is -2.15. The van der Waals surface area contributed by atoms with Crippen LogP contribution in [-0.4, -0.2) is 5.97 Å². The summed E-state index contributed by atoms with van der Waals surface area (Å²) in [6.07, 6.45) is 5.50. The summed E-state index contributed by atoms with van der Waals surface area (Å²) in [6, 6.07) is 0. The highest BCUT2D eigenvalue weighted by Crippen LogP contribution is 2.56. The number of fused-ring (bicyclic) bond motifs is 5. The Bertz CT molecular complexity index is 368. The Morgan fingerprint density at radius 1 is 1.29 bits per heavy atom. The molecule has 0 aromatic heterocycles. The van der Waals surface area contributed by atoms with Crippen molar-refractivity contribution in [3.05, 3.63) is 21.3 Å². The molecule has 3 rings (SSSR count). The second kappa shape index (κ2) is 2.95. The Morgan fingerprint density at radius 2 is 1.93 bits per heavy atom. The predicted molar refractivity (Wildman–Crippen MR) is 58.7 cm³/mol. The van der Waals surface area contributed by atoms with Crippen LogP contribution in [0.4, 0.5) is 0 Å². The summed E-state index contributed by atoms with van der Waals surface area (Å²) >= 11 is 6.66. The third-order valence-electron chi connectivity index (χ3n) is 3.43. The molecule has 14 heavy (non-hydrogen) atoms. The van der Waals surface area contributed by atoms with Crippen LogP contribution in [0.3, 0.4) is 0 Å². The quantitative estimate of drug-likeness (QED) is 0.507. The molecule has 2 aliphatic carbocycles. The molecule has 2 nitrogen and oxygen atoms in total. The first kappa shape index (κ1) is 9.16. The summed E-state index contributed by atoms with van der Waals surface area (Å²) in [6.45, 7) is 0. The SMILES string of the molecule is O=C1OC(=C(Br)Br)[C@H]2[C@H]1[C@@H]1C=C[C@H]2C1. The maximum atomic E-state index is 11.6. The molecule has 74 valence electrons. The minimum Gasteiger partial charge on any atom is -0.429 e. The third kappa shape index (κ3) is 1.04. The van der Waals surface area contributed by atoms with Gasteiger partial charge in [-0.05, 0) is 50.1 Å². The molecular weight excluding hydrogens is 312 g/mol. The molecule has 3 aliphatic rings. The van der Waals surface area contributed by atoms with Crippen molar-refractivity contribution in [3.8, 4) is 0 Å². The van der Waals surface area contributed by atoms with E-state index in [1.807, 2.05) is 0 Å². The van der Waals surface area contributed by atoms with Gasteiger partial charge in [0.1, 0.15) is 5.76 Å². The molecule has 2 bridgehead atoms. The number of carbonyl (C=O) groups excluding carboxylic acids is 1. The smallest absolute Gasteiger partial charge is 0.315 e. The van der Waals surface area contributed by atoms with E-state index in [0.717, 1.165) is 15.6 Å². The lowest BCUT2D eigenvalue weighted by Crippen LogP contribution is -2.19. The van der Waals surface area contributed by atoms with E-state index in [9.17, 15) is 4.79 Å². The van der Waals surface area contributed by atoms with Crippen LogP contribution in [0.25, 0.3) is 0 Å². The average Bonchev–Trinajstić information content (AvgIpc) is 2.75. The van der Waals surface area contributed by atoms with Crippen LogP contribution in [0.5, 0.6) is 0 Å². The summed E-state index contributed by atoms with van der Waals surface area (Å²) in [7, 11) is 0. The van der Waals surface area contributed by atoms with Crippen molar-refractivity contribution in [2.24, 2.45) is 23.7 Å². The molecule has 1 heterocycles. The number of cyclic esters (lactones) is 1. The van der Waals surface area contributed by atoms with Gasteiger partial charge in [-0.15, -0.1) is 0 Å². The first-order valence-electron chi connectivity index (χ1n) is 4.63. The van der Waals surface area contributed by atoms with Crippen LogP contribution in [-0.2, 0) is 9.53 Å². The number of hydrogen-bond acceptors (Lipinski definition) is 2. The van der Waals surface area contributed by atoms with Crippen molar-refractivity contribution in [3.63, 3.8) is 0 Å². The van der Waals surface area contributed by atoms with Crippen molar-refractivity contribution in [2.75, 3.05) is 0 Å². The zero-order valence-electron chi connectivity index (χ0n) is 7.24. The molecule has 0 radical (unpaired) electrons. The van der Waals surface area contributed by atoms with Gasteiger partial charge < -0.3 is 4.74 Å². The van der Waals surface area contributed by atoms with Crippen molar-refractivity contribution >= 4 is 37.8 Å². The molecule has 0 N–H and O–H groups in total. The van der Waals surface area contributed by atoms with E-state index in [2.05, 4.69) is 44.0 Å². The summed E-state index contributed by atoms with van der Waals surface area (Å²) < 4.78 is 6.06. The Morgan fingerprint density at radius 3 is 2.57 bits per heavy atom. The second-order valence-electron chi connectivity index (χ2n) is 4.05. The number of esters is 1.